The van der Waals surface area contributed by atoms with Crippen LogP contribution in [0.15, 0.2) is 36.8 Å². The van der Waals surface area contributed by atoms with E-state index in [0.717, 1.165) is 0 Å². The normalized spacial score (nSPS) is 12.4. The van der Waals surface area contributed by atoms with Gasteiger partial charge in [-0.1, -0.05) is 24.6 Å². The first kappa shape index (κ1) is 12.9. The smallest absolute Gasteiger partial charge is 0.129 e. The molecule has 1 atom stereocenters. The Labute approximate surface area is 110 Å². The molecule has 0 fully saturated rings. The van der Waals surface area contributed by atoms with E-state index in [1.165, 1.54) is 6.07 Å². The molecule has 18 heavy (non-hydrogen) atoms. The molecule has 94 valence electrons. The molecule has 0 aliphatic carbocycles. The first-order chi connectivity index (χ1) is 8.74. The number of hydrogen-bond donors (Lipinski definition) is 1. The molecule has 0 saturated carbocycles. The van der Waals surface area contributed by atoms with Crippen LogP contribution in [0.2, 0.25) is 5.02 Å². The van der Waals surface area contributed by atoms with Gasteiger partial charge in [-0.25, -0.2) is 4.39 Å². The fourth-order valence-electron chi connectivity index (χ4n) is 1.80. The average molecular weight is 266 g/mol. The zero-order chi connectivity index (χ0) is 13.0. The summed E-state index contributed by atoms with van der Waals surface area (Å²) in [4.78, 5) is 8.21. The quantitative estimate of drug-likeness (QED) is 0.924. The van der Waals surface area contributed by atoms with E-state index in [-0.39, 0.29) is 5.82 Å². The summed E-state index contributed by atoms with van der Waals surface area (Å²) >= 11 is 6.08. The van der Waals surface area contributed by atoms with Crippen LogP contribution in [0, 0.1) is 5.82 Å². The maximum absolute atomic E-state index is 13.9. The molecule has 1 unspecified atom stereocenters. The molecular weight excluding hydrogens is 253 g/mol. The Bertz CT molecular complexity index is 499. The SMILES string of the molecule is CCNC(c1cnccn1)c1c(F)cccc1Cl. The molecule has 0 bridgehead atoms. The standard InChI is InChI=1S/C13H13ClFN3/c1-2-17-13(11-8-16-6-7-18-11)12-9(14)4-3-5-10(12)15/h3-8,13,17H,2H2,1H3. The van der Waals surface area contributed by atoms with Gasteiger partial charge in [0.2, 0.25) is 0 Å². The molecule has 0 radical (unpaired) electrons. The van der Waals surface area contributed by atoms with Gasteiger partial charge in [0.1, 0.15) is 5.82 Å². The van der Waals surface area contributed by atoms with E-state index in [1.807, 2.05) is 6.92 Å². The van der Waals surface area contributed by atoms with Crippen LogP contribution in [-0.4, -0.2) is 16.5 Å². The third-order valence-electron chi connectivity index (χ3n) is 2.58. The van der Waals surface area contributed by atoms with Crippen LogP contribution in [0.25, 0.3) is 0 Å². The van der Waals surface area contributed by atoms with Crippen molar-refractivity contribution in [3.63, 3.8) is 0 Å². The molecule has 0 aliphatic heterocycles. The van der Waals surface area contributed by atoms with Crippen LogP contribution in [0.4, 0.5) is 4.39 Å². The summed E-state index contributed by atoms with van der Waals surface area (Å²) in [6.45, 7) is 2.62. The van der Waals surface area contributed by atoms with Crippen LogP contribution < -0.4 is 5.32 Å². The highest BCUT2D eigenvalue weighted by Gasteiger charge is 2.21. The van der Waals surface area contributed by atoms with Crippen molar-refractivity contribution < 1.29 is 4.39 Å². The molecule has 1 N–H and O–H groups in total. The van der Waals surface area contributed by atoms with Crippen LogP contribution in [0.3, 0.4) is 0 Å². The second-order valence-corrected chi connectivity index (χ2v) is 4.16. The lowest BCUT2D eigenvalue weighted by Crippen LogP contribution is -2.24. The summed E-state index contributed by atoms with van der Waals surface area (Å²) < 4.78 is 13.9. The van der Waals surface area contributed by atoms with Gasteiger partial charge >= 0.3 is 0 Å². The summed E-state index contributed by atoms with van der Waals surface area (Å²) in [5, 5.41) is 3.55. The predicted octanol–water partition coefficient (Wildman–Crippen LogP) is 2.97. The van der Waals surface area contributed by atoms with Crippen molar-refractivity contribution in [3.8, 4) is 0 Å². The number of rotatable bonds is 4. The van der Waals surface area contributed by atoms with Crippen molar-refractivity contribution in [2.24, 2.45) is 0 Å². The minimum absolute atomic E-state index is 0.348. The van der Waals surface area contributed by atoms with E-state index < -0.39 is 6.04 Å². The first-order valence-corrected chi connectivity index (χ1v) is 6.05. The fourth-order valence-corrected chi connectivity index (χ4v) is 2.08. The Balaban J connectivity index is 2.48. The molecule has 5 heteroatoms. The number of hydrogen-bond acceptors (Lipinski definition) is 3. The van der Waals surface area contributed by atoms with E-state index in [9.17, 15) is 4.39 Å². The molecule has 2 rings (SSSR count). The lowest BCUT2D eigenvalue weighted by atomic mass is 10.0. The van der Waals surface area contributed by atoms with Crippen LogP contribution in [0.5, 0.6) is 0 Å². The van der Waals surface area contributed by atoms with Gasteiger partial charge in [0.15, 0.2) is 0 Å². The number of nitrogens with zero attached hydrogens (tertiary/aromatic N) is 2. The summed E-state index contributed by atoms with van der Waals surface area (Å²) in [6, 6.07) is 4.25. The topological polar surface area (TPSA) is 37.8 Å². The van der Waals surface area contributed by atoms with Crippen molar-refractivity contribution in [3.05, 3.63) is 58.9 Å². The van der Waals surface area contributed by atoms with E-state index in [1.54, 1.807) is 30.7 Å². The lowest BCUT2D eigenvalue weighted by Gasteiger charge is -2.19. The van der Waals surface area contributed by atoms with Gasteiger partial charge in [-0.05, 0) is 18.7 Å². The van der Waals surface area contributed by atoms with Gasteiger partial charge in [-0.15, -0.1) is 0 Å². The van der Waals surface area contributed by atoms with Crippen molar-refractivity contribution >= 4 is 11.6 Å². The van der Waals surface area contributed by atoms with Crippen molar-refractivity contribution in [1.29, 1.82) is 0 Å². The van der Waals surface area contributed by atoms with Crippen LogP contribution in [-0.2, 0) is 0 Å². The van der Waals surface area contributed by atoms with E-state index in [4.69, 9.17) is 11.6 Å². The summed E-state index contributed by atoms with van der Waals surface area (Å²) in [6.07, 6.45) is 4.76. The number of aromatic nitrogens is 2. The lowest BCUT2D eigenvalue weighted by molar-refractivity contribution is 0.551. The highest BCUT2D eigenvalue weighted by atomic mass is 35.5. The molecule has 2 aromatic rings. The van der Waals surface area contributed by atoms with Gasteiger partial charge in [-0.2, -0.15) is 0 Å². The molecule has 1 aromatic carbocycles. The largest absolute Gasteiger partial charge is 0.305 e. The van der Waals surface area contributed by atoms with Crippen molar-refractivity contribution in [2.75, 3.05) is 6.54 Å². The van der Waals surface area contributed by atoms with Gasteiger partial charge in [0.25, 0.3) is 0 Å². The minimum atomic E-state index is -0.391. The van der Waals surface area contributed by atoms with Crippen molar-refractivity contribution in [1.82, 2.24) is 15.3 Å². The Morgan fingerprint density at radius 2 is 2.22 bits per heavy atom. The third-order valence-corrected chi connectivity index (χ3v) is 2.91. The highest BCUT2D eigenvalue weighted by Crippen LogP contribution is 2.29. The molecule has 0 saturated heterocycles. The summed E-state index contributed by atoms with van der Waals surface area (Å²) in [5.41, 5.74) is 1.05. The Morgan fingerprint density at radius 3 is 2.83 bits per heavy atom. The second kappa shape index (κ2) is 5.89. The second-order valence-electron chi connectivity index (χ2n) is 3.76. The predicted molar refractivity (Wildman–Crippen MR) is 69.0 cm³/mol. The van der Waals surface area contributed by atoms with Gasteiger partial charge in [0, 0.05) is 23.0 Å². The maximum Gasteiger partial charge on any atom is 0.129 e. The van der Waals surface area contributed by atoms with E-state index in [0.29, 0.717) is 22.8 Å². The molecule has 0 spiro atoms. The average Bonchev–Trinajstić information content (AvgIpc) is 2.38. The van der Waals surface area contributed by atoms with E-state index >= 15 is 0 Å². The third kappa shape index (κ3) is 2.66. The Hall–Kier alpha value is -1.52. The number of nitrogens with one attached hydrogen (secondary N) is 1. The summed E-state index contributed by atoms with van der Waals surface area (Å²) in [5.74, 6) is -0.348. The van der Waals surface area contributed by atoms with E-state index in [2.05, 4.69) is 15.3 Å². The molecule has 3 nitrogen and oxygen atoms in total. The number of halogens is 2. The zero-order valence-electron chi connectivity index (χ0n) is 9.90. The Morgan fingerprint density at radius 1 is 1.39 bits per heavy atom. The minimum Gasteiger partial charge on any atom is -0.305 e. The fraction of sp³-hybridized carbons (Fsp3) is 0.231. The summed E-state index contributed by atoms with van der Waals surface area (Å²) in [7, 11) is 0. The maximum atomic E-state index is 13.9. The van der Waals surface area contributed by atoms with Crippen LogP contribution >= 0.6 is 11.6 Å². The highest BCUT2D eigenvalue weighted by molar-refractivity contribution is 6.31. The molecular formula is C13H13ClFN3. The Kier molecular flexibility index (Phi) is 4.23. The van der Waals surface area contributed by atoms with Gasteiger partial charge < -0.3 is 5.32 Å². The zero-order valence-corrected chi connectivity index (χ0v) is 10.7. The first-order valence-electron chi connectivity index (χ1n) is 5.67. The van der Waals surface area contributed by atoms with Gasteiger partial charge in [0.05, 0.1) is 17.9 Å². The van der Waals surface area contributed by atoms with Crippen molar-refractivity contribution in [2.45, 2.75) is 13.0 Å². The molecule has 1 aromatic heterocycles. The molecule has 1 heterocycles. The van der Waals surface area contributed by atoms with Gasteiger partial charge in [-0.3, -0.25) is 9.97 Å². The molecule has 0 aliphatic rings. The monoisotopic (exact) mass is 265 g/mol. The molecule has 0 amide bonds. The number of benzene rings is 1. The van der Waals surface area contributed by atoms with Crippen LogP contribution in [0.1, 0.15) is 24.2 Å².